The third-order valence-corrected chi connectivity index (χ3v) is 5.39. The average Bonchev–Trinajstić information content (AvgIpc) is 2.72. The maximum absolute atomic E-state index is 12.6. The molecule has 0 radical (unpaired) electrons. The molecule has 2 aromatic carbocycles. The zero-order valence-corrected chi connectivity index (χ0v) is 15.8. The summed E-state index contributed by atoms with van der Waals surface area (Å²) in [6.07, 6.45) is 5.56. The Morgan fingerprint density at radius 1 is 0.963 bits per heavy atom. The Morgan fingerprint density at radius 2 is 1.63 bits per heavy atom. The van der Waals surface area contributed by atoms with Gasteiger partial charge in [-0.3, -0.25) is 4.79 Å². The molecule has 0 aromatic heterocycles. The molecule has 4 rings (SSSR count). The van der Waals surface area contributed by atoms with Crippen LogP contribution in [0.25, 0.3) is 0 Å². The molecule has 1 aliphatic heterocycles. The number of aryl methyl sites for hydroxylation is 1. The lowest BCUT2D eigenvalue weighted by molar-refractivity contribution is 0.0520. The summed E-state index contributed by atoms with van der Waals surface area (Å²) in [6.45, 7) is 5.40. The van der Waals surface area contributed by atoms with Crippen molar-refractivity contribution in [1.29, 1.82) is 0 Å². The molecule has 0 amide bonds. The van der Waals surface area contributed by atoms with E-state index in [0.29, 0.717) is 0 Å². The van der Waals surface area contributed by atoms with Crippen LogP contribution in [-0.4, -0.2) is 37.0 Å². The first-order valence-corrected chi connectivity index (χ1v) is 9.61. The van der Waals surface area contributed by atoms with E-state index in [4.69, 9.17) is 4.74 Å². The van der Waals surface area contributed by atoms with Crippen LogP contribution in [0, 0.1) is 6.92 Å². The Kier molecular flexibility index (Phi) is 5.21. The van der Waals surface area contributed by atoms with Crippen molar-refractivity contribution in [2.45, 2.75) is 19.8 Å². The number of ether oxygens (including phenoxy) is 1. The first-order chi connectivity index (χ1) is 13.2. The van der Waals surface area contributed by atoms with Crippen LogP contribution >= 0.6 is 0 Å². The molecule has 0 bridgehead atoms. The van der Waals surface area contributed by atoms with Gasteiger partial charge in [0.2, 0.25) is 0 Å². The van der Waals surface area contributed by atoms with Crippen LogP contribution in [0.2, 0.25) is 0 Å². The molecule has 0 saturated carbocycles. The predicted octanol–water partition coefficient (Wildman–Crippen LogP) is 4.12. The number of carbonyl (C=O) groups excluding carboxylic acids is 1. The predicted molar refractivity (Wildman–Crippen MR) is 108 cm³/mol. The molecule has 2 aromatic rings. The van der Waals surface area contributed by atoms with E-state index >= 15 is 0 Å². The van der Waals surface area contributed by atoms with Gasteiger partial charge in [-0.05, 0) is 36.1 Å². The number of nitrogens with zero attached hydrogens (tertiary/aromatic N) is 1. The number of hydrogen-bond donors (Lipinski definition) is 0. The maximum atomic E-state index is 12.6. The number of allylic oxidation sites excluding steroid dienone is 4. The zero-order valence-electron chi connectivity index (χ0n) is 15.8. The summed E-state index contributed by atoms with van der Waals surface area (Å²) in [5, 5.41) is 0. The van der Waals surface area contributed by atoms with Crippen molar-refractivity contribution >= 4 is 5.78 Å². The van der Waals surface area contributed by atoms with Crippen molar-refractivity contribution in [1.82, 2.24) is 4.90 Å². The second-order valence-corrected chi connectivity index (χ2v) is 7.26. The van der Waals surface area contributed by atoms with Crippen LogP contribution in [0.4, 0.5) is 0 Å². The summed E-state index contributed by atoms with van der Waals surface area (Å²) < 4.78 is 5.52. The Balaban J connectivity index is 1.62. The third kappa shape index (κ3) is 4.04. The van der Waals surface area contributed by atoms with Gasteiger partial charge in [-0.2, -0.15) is 0 Å². The lowest BCUT2D eigenvalue weighted by Crippen LogP contribution is -2.37. The Morgan fingerprint density at radius 3 is 2.33 bits per heavy atom. The zero-order chi connectivity index (χ0) is 18.6. The van der Waals surface area contributed by atoms with Crippen molar-refractivity contribution in [2.24, 2.45) is 0 Å². The molecule has 3 heteroatoms. The molecule has 0 spiro atoms. The second-order valence-electron chi connectivity index (χ2n) is 7.26. The first kappa shape index (κ1) is 17.7. The third-order valence-electron chi connectivity index (χ3n) is 5.39. The number of rotatable bonds is 4. The highest BCUT2D eigenvalue weighted by Gasteiger charge is 2.22. The van der Waals surface area contributed by atoms with Crippen LogP contribution < -0.4 is 0 Å². The van der Waals surface area contributed by atoms with Gasteiger partial charge in [0.25, 0.3) is 0 Å². The quantitative estimate of drug-likeness (QED) is 0.607. The van der Waals surface area contributed by atoms with Gasteiger partial charge in [-0.15, -0.1) is 0 Å². The SMILES string of the molecule is Cc1ccc(C(=O)/C=C\C2=C(N3CCOCC3)Cc3ccccc3C2)cc1. The van der Waals surface area contributed by atoms with Crippen molar-refractivity contribution in [3.63, 3.8) is 0 Å². The molecule has 138 valence electrons. The number of hydrogen-bond acceptors (Lipinski definition) is 3. The lowest BCUT2D eigenvalue weighted by atomic mass is 9.88. The maximum Gasteiger partial charge on any atom is 0.185 e. The number of fused-ring (bicyclic) bond motifs is 1. The number of benzene rings is 2. The number of ketones is 1. The molecule has 0 atom stereocenters. The molecular weight excluding hydrogens is 334 g/mol. The van der Waals surface area contributed by atoms with Crippen LogP contribution in [0.15, 0.2) is 72.0 Å². The summed E-state index contributed by atoms with van der Waals surface area (Å²) >= 11 is 0. The van der Waals surface area contributed by atoms with Gasteiger partial charge in [0.15, 0.2) is 5.78 Å². The van der Waals surface area contributed by atoms with E-state index in [2.05, 4.69) is 29.2 Å². The summed E-state index contributed by atoms with van der Waals surface area (Å²) in [4.78, 5) is 15.0. The summed E-state index contributed by atoms with van der Waals surface area (Å²) in [6, 6.07) is 16.4. The van der Waals surface area contributed by atoms with Gasteiger partial charge >= 0.3 is 0 Å². The minimum Gasteiger partial charge on any atom is -0.378 e. The molecule has 2 aliphatic rings. The summed E-state index contributed by atoms with van der Waals surface area (Å²) in [7, 11) is 0. The largest absolute Gasteiger partial charge is 0.378 e. The van der Waals surface area contributed by atoms with Gasteiger partial charge in [0, 0.05) is 30.8 Å². The Bertz CT molecular complexity index is 887. The van der Waals surface area contributed by atoms with Crippen molar-refractivity contribution in [3.05, 3.63) is 94.2 Å². The van der Waals surface area contributed by atoms with E-state index in [-0.39, 0.29) is 5.78 Å². The fourth-order valence-corrected chi connectivity index (χ4v) is 3.80. The van der Waals surface area contributed by atoms with Crippen molar-refractivity contribution in [2.75, 3.05) is 26.3 Å². The minimum atomic E-state index is 0.0580. The highest BCUT2D eigenvalue weighted by atomic mass is 16.5. The van der Waals surface area contributed by atoms with E-state index in [1.807, 2.05) is 37.3 Å². The molecule has 3 nitrogen and oxygen atoms in total. The van der Waals surface area contributed by atoms with Crippen molar-refractivity contribution < 1.29 is 9.53 Å². The molecule has 0 unspecified atom stereocenters. The summed E-state index contributed by atoms with van der Waals surface area (Å²) in [5.41, 5.74) is 7.23. The summed E-state index contributed by atoms with van der Waals surface area (Å²) in [5.74, 6) is 0.0580. The molecule has 1 heterocycles. The molecule has 1 saturated heterocycles. The van der Waals surface area contributed by atoms with Gasteiger partial charge in [-0.25, -0.2) is 0 Å². The highest BCUT2D eigenvalue weighted by molar-refractivity contribution is 6.04. The van der Waals surface area contributed by atoms with Crippen LogP contribution in [0.1, 0.15) is 27.0 Å². The van der Waals surface area contributed by atoms with Crippen LogP contribution in [-0.2, 0) is 17.6 Å². The standard InChI is InChI=1S/C24H25NO2/c1-18-6-8-19(9-7-18)24(26)11-10-22-16-20-4-2-3-5-21(20)17-23(22)25-12-14-27-15-13-25/h2-11H,12-17H2,1H3/b11-10-. The van der Waals surface area contributed by atoms with Gasteiger partial charge < -0.3 is 9.64 Å². The topological polar surface area (TPSA) is 29.5 Å². The second kappa shape index (κ2) is 7.93. The molecule has 0 N–H and O–H groups in total. The molecule has 27 heavy (non-hydrogen) atoms. The Hall–Kier alpha value is -2.65. The van der Waals surface area contributed by atoms with E-state index < -0.39 is 0 Å². The first-order valence-electron chi connectivity index (χ1n) is 9.61. The smallest absolute Gasteiger partial charge is 0.185 e. The molecule has 1 fully saturated rings. The van der Waals surface area contributed by atoms with Crippen LogP contribution in [0.5, 0.6) is 0 Å². The van der Waals surface area contributed by atoms with Crippen LogP contribution in [0.3, 0.4) is 0 Å². The highest BCUT2D eigenvalue weighted by Crippen LogP contribution is 2.29. The molecule has 1 aliphatic carbocycles. The Labute approximate surface area is 161 Å². The minimum absolute atomic E-state index is 0.0580. The fourth-order valence-electron chi connectivity index (χ4n) is 3.80. The lowest BCUT2D eigenvalue weighted by Gasteiger charge is -2.35. The number of carbonyl (C=O) groups is 1. The average molecular weight is 359 g/mol. The van der Waals surface area contributed by atoms with E-state index in [1.165, 1.54) is 22.4 Å². The van der Waals surface area contributed by atoms with E-state index in [1.54, 1.807) is 6.08 Å². The van der Waals surface area contributed by atoms with Gasteiger partial charge in [0.05, 0.1) is 13.2 Å². The van der Waals surface area contributed by atoms with E-state index in [0.717, 1.165) is 50.3 Å². The fraction of sp³-hybridized carbons (Fsp3) is 0.292. The van der Waals surface area contributed by atoms with Gasteiger partial charge in [-0.1, -0.05) is 60.2 Å². The van der Waals surface area contributed by atoms with Gasteiger partial charge in [0.1, 0.15) is 0 Å². The monoisotopic (exact) mass is 359 g/mol. The van der Waals surface area contributed by atoms with E-state index in [9.17, 15) is 4.79 Å². The normalized spacial score (nSPS) is 17.3. The van der Waals surface area contributed by atoms with Crippen molar-refractivity contribution in [3.8, 4) is 0 Å². The molecular formula is C24H25NO2. The number of morpholine rings is 1.